The molecule has 0 spiro atoms. The first-order valence-corrected chi connectivity index (χ1v) is 22.0. The standard InChI is InChI=1S/C40H92N10.10ClH/c1-3-41-23-5-7-25-43-27-9-11-29-45-31-13-15-33-47-35-17-19-37-49-39-21-22-40-50-38-20-18-36-48-34-16-14-32-46-30-12-10-28-44-26-8-6-24-42-4-2;;;;;;;;;;/h41-50H,3-40H2,1-2H3;10*1H. The Morgan fingerprint density at radius 2 is 0.233 bits per heavy atom. The molecule has 10 nitrogen and oxygen atoms in total. The van der Waals surface area contributed by atoms with Crippen molar-refractivity contribution >= 4 is 124 Å². The van der Waals surface area contributed by atoms with E-state index in [0.29, 0.717) is 0 Å². The maximum Gasteiger partial charge on any atom is -0.00484 e. The Labute approximate surface area is 434 Å². The summed E-state index contributed by atoms with van der Waals surface area (Å²) in [6.45, 7) is 27.4. The van der Waals surface area contributed by atoms with Crippen LogP contribution < -0.4 is 53.2 Å². The lowest BCUT2D eigenvalue weighted by Gasteiger charge is -2.08. The second kappa shape index (κ2) is 88.3. The number of hydrogen-bond acceptors (Lipinski definition) is 10. The number of rotatable bonds is 47. The van der Waals surface area contributed by atoms with Crippen molar-refractivity contribution < 1.29 is 0 Å². The van der Waals surface area contributed by atoms with Gasteiger partial charge in [-0.25, -0.2) is 0 Å². The van der Waals surface area contributed by atoms with Gasteiger partial charge in [0.1, 0.15) is 0 Å². The maximum atomic E-state index is 3.62. The quantitative estimate of drug-likeness (QED) is 0.0274. The normalized spacial score (nSPS) is 9.70. The van der Waals surface area contributed by atoms with Crippen LogP contribution in [-0.2, 0) is 0 Å². The molecular weight excluding hydrogens is 975 g/mol. The molecule has 0 aliphatic heterocycles. The first-order chi connectivity index (χ1) is 24.9. The van der Waals surface area contributed by atoms with Crippen molar-refractivity contribution in [2.24, 2.45) is 0 Å². The summed E-state index contributed by atoms with van der Waals surface area (Å²) in [6.07, 6.45) is 23.0. The van der Waals surface area contributed by atoms with Crippen molar-refractivity contribution in [3.05, 3.63) is 0 Å². The first kappa shape index (κ1) is 89.1. The van der Waals surface area contributed by atoms with E-state index in [9.17, 15) is 0 Å². The van der Waals surface area contributed by atoms with E-state index >= 15 is 0 Å². The molecule has 0 aliphatic rings. The van der Waals surface area contributed by atoms with Gasteiger partial charge in [-0.3, -0.25) is 0 Å². The van der Waals surface area contributed by atoms with E-state index < -0.39 is 0 Å². The van der Waals surface area contributed by atoms with Crippen molar-refractivity contribution in [1.29, 1.82) is 0 Å². The Balaban J connectivity index is -0.000000267. The summed E-state index contributed by atoms with van der Waals surface area (Å²) in [5.74, 6) is 0. The molecule has 0 atom stereocenters. The predicted octanol–water partition coefficient (Wildman–Crippen LogP) is 8.16. The van der Waals surface area contributed by atoms with Crippen LogP contribution in [0.3, 0.4) is 0 Å². The fraction of sp³-hybridized carbons (Fsp3) is 1.00. The summed E-state index contributed by atoms with van der Waals surface area (Å²) in [7, 11) is 0. The van der Waals surface area contributed by atoms with E-state index in [0.717, 1.165) is 131 Å². The van der Waals surface area contributed by atoms with E-state index in [1.165, 1.54) is 116 Å². The molecule has 0 rings (SSSR count). The second-order valence-electron chi connectivity index (χ2n) is 14.1. The molecule has 0 amide bonds. The van der Waals surface area contributed by atoms with Gasteiger partial charge >= 0.3 is 0 Å². The minimum atomic E-state index is 0. The summed E-state index contributed by atoms with van der Waals surface area (Å²) in [5, 5.41) is 35.6. The van der Waals surface area contributed by atoms with E-state index in [1.54, 1.807) is 0 Å². The molecule has 0 aromatic carbocycles. The van der Waals surface area contributed by atoms with Gasteiger partial charge in [-0.2, -0.15) is 0 Å². The summed E-state index contributed by atoms with van der Waals surface area (Å²) >= 11 is 0. The number of halogens is 10. The Morgan fingerprint density at radius 3 is 0.317 bits per heavy atom. The topological polar surface area (TPSA) is 120 Å². The van der Waals surface area contributed by atoms with Gasteiger partial charge in [-0.05, 0) is 246 Å². The molecule has 20 heteroatoms. The van der Waals surface area contributed by atoms with Crippen LogP contribution in [0, 0.1) is 0 Å². The van der Waals surface area contributed by atoms with E-state index in [-0.39, 0.29) is 124 Å². The molecule has 0 saturated heterocycles. The highest BCUT2D eigenvalue weighted by atomic mass is 35.5. The van der Waals surface area contributed by atoms with Gasteiger partial charge in [0.25, 0.3) is 0 Å². The fourth-order valence-electron chi connectivity index (χ4n) is 5.85. The monoisotopic (exact) mass is 1070 g/mol. The Kier molecular flexibility index (Phi) is 131. The van der Waals surface area contributed by atoms with Gasteiger partial charge in [-0.1, -0.05) is 13.8 Å². The van der Waals surface area contributed by atoms with E-state index in [4.69, 9.17) is 0 Å². The molecule has 0 saturated carbocycles. The summed E-state index contributed by atoms with van der Waals surface area (Å²) in [4.78, 5) is 0. The maximum absolute atomic E-state index is 3.62. The average molecular weight is 1080 g/mol. The van der Waals surface area contributed by atoms with Gasteiger partial charge in [0.2, 0.25) is 0 Å². The molecule has 0 aromatic rings. The SMILES string of the molecule is CCNCCCCNCCCCNCCCCNCCCCNCCCCNCCCCNCCCCNCCCCNCCCCNCC.Cl.Cl.Cl.Cl.Cl.Cl.Cl.Cl.Cl.Cl. The van der Waals surface area contributed by atoms with Crippen LogP contribution in [0.4, 0.5) is 0 Å². The molecule has 0 bridgehead atoms. The van der Waals surface area contributed by atoms with Crippen molar-refractivity contribution in [2.75, 3.05) is 131 Å². The smallest absolute Gasteiger partial charge is 0.00484 e. The highest BCUT2D eigenvalue weighted by molar-refractivity contribution is 5.86. The largest absolute Gasteiger partial charge is 0.317 e. The summed E-state index contributed by atoms with van der Waals surface area (Å²) in [6, 6.07) is 0. The minimum Gasteiger partial charge on any atom is -0.317 e. The molecule has 60 heavy (non-hydrogen) atoms. The minimum absolute atomic E-state index is 0. The number of nitrogens with one attached hydrogen (secondary N) is 10. The van der Waals surface area contributed by atoms with Crippen molar-refractivity contribution in [3.63, 3.8) is 0 Å². The summed E-state index contributed by atoms with van der Waals surface area (Å²) in [5.41, 5.74) is 0. The highest BCUT2D eigenvalue weighted by Gasteiger charge is 1.96. The molecule has 10 N–H and O–H groups in total. The van der Waals surface area contributed by atoms with Gasteiger partial charge < -0.3 is 53.2 Å². The molecule has 0 heterocycles. The second-order valence-corrected chi connectivity index (χ2v) is 14.1. The lowest BCUT2D eigenvalue weighted by molar-refractivity contribution is 0.527. The zero-order chi connectivity index (χ0) is 35.9. The van der Waals surface area contributed by atoms with Crippen LogP contribution in [-0.4, -0.2) is 131 Å². The van der Waals surface area contributed by atoms with E-state index in [2.05, 4.69) is 67.0 Å². The van der Waals surface area contributed by atoms with Crippen molar-refractivity contribution in [3.8, 4) is 0 Å². The van der Waals surface area contributed by atoms with Crippen LogP contribution >= 0.6 is 124 Å². The van der Waals surface area contributed by atoms with Gasteiger partial charge in [0, 0.05) is 0 Å². The predicted molar refractivity (Wildman–Crippen MR) is 296 cm³/mol. The summed E-state index contributed by atoms with van der Waals surface area (Å²) < 4.78 is 0. The van der Waals surface area contributed by atoms with Crippen LogP contribution in [0.15, 0.2) is 0 Å². The molecular formula is C40H102Cl10N10. The Bertz CT molecular complexity index is 563. The third-order valence-electron chi connectivity index (χ3n) is 9.11. The molecule has 0 unspecified atom stereocenters. The van der Waals surface area contributed by atoms with E-state index in [1.807, 2.05) is 0 Å². The van der Waals surface area contributed by atoms with Crippen LogP contribution in [0.2, 0.25) is 0 Å². The molecule has 382 valence electrons. The Hall–Kier alpha value is 2.50. The van der Waals surface area contributed by atoms with Crippen LogP contribution in [0.5, 0.6) is 0 Å². The van der Waals surface area contributed by atoms with Gasteiger partial charge in [0.05, 0.1) is 0 Å². The Morgan fingerprint density at radius 1 is 0.150 bits per heavy atom. The molecule has 0 fully saturated rings. The number of hydrogen-bond donors (Lipinski definition) is 10. The van der Waals surface area contributed by atoms with Gasteiger partial charge in [0.15, 0.2) is 0 Å². The number of unbranched alkanes of at least 4 members (excludes halogenated alkanes) is 9. The third kappa shape index (κ3) is 87.4. The molecule has 0 aromatic heterocycles. The lowest BCUT2D eigenvalue weighted by Crippen LogP contribution is -2.23. The fourth-order valence-corrected chi connectivity index (χ4v) is 5.85. The zero-order valence-corrected chi connectivity index (χ0v) is 46.1. The average Bonchev–Trinajstić information content (AvgIpc) is 3.13. The lowest BCUT2D eigenvalue weighted by atomic mass is 10.2. The molecule has 0 radical (unpaired) electrons. The zero-order valence-electron chi connectivity index (χ0n) is 38.0. The van der Waals surface area contributed by atoms with Crippen molar-refractivity contribution in [1.82, 2.24) is 53.2 Å². The third-order valence-corrected chi connectivity index (χ3v) is 9.11. The van der Waals surface area contributed by atoms with Crippen molar-refractivity contribution in [2.45, 2.75) is 129 Å². The first-order valence-electron chi connectivity index (χ1n) is 22.0. The highest BCUT2D eigenvalue weighted by Crippen LogP contribution is 1.93. The van der Waals surface area contributed by atoms with Crippen LogP contribution in [0.1, 0.15) is 129 Å². The van der Waals surface area contributed by atoms with Crippen LogP contribution in [0.25, 0.3) is 0 Å². The van der Waals surface area contributed by atoms with Gasteiger partial charge in [-0.15, -0.1) is 124 Å². The molecule has 0 aliphatic carbocycles.